The van der Waals surface area contributed by atoms with Gasteiger partial charge in [0.05, 0.1) is 6.10 Å². The minimum atomic E-state index is -0.430. The van der Waals surface area contributed by atoms with Crippen LogP contribution in [-0.2, 0) is 19.4 Å². The summed E-state index contributed by atoms with van der Waals surface area (Å²) in [4.78, 5) is 0. The van der Waals surface area contributed by atoms with Crippen molar-refractivity contribution >= 4 is 0 Å². The molecule has 104 valence electrons. The van der Waals surface area contributed by atoms with Gasteiger partial charge in [0.15, 0.2) is 0 Å². The van der Waals surface area contributed by atoms with Gasteiger partial charge in [-0.2, -0.15) is 0 Å². The molecule has 1 unspecified atom stereocenters. The third-order valence-electron chi connectivity index (χ3n) is 3.93. The van der Waals surface area contributed by atoms with E-state index in [0.717, 1.165) is 11.3 Å². The average molecular weight is 268 g/mol. The highest BCUT2D eigenvalue weighted by molar-refractivity contribution is 5.35. The Hall–Kier alpha value is -1.80. The molecule has 2 nitrogen and oxygen atoms in total. The fourth-order valence-corrected chi connectivity index (χ4v) is 2.72. The van der Waals surface area contributed by atoms with Crippen molar-refractivity contribution in [3.8, 4) is 5.75 Å². The molecule has 0 fully saturated rings. The molecule has 2 aromatic carbocycles. The topological polar surface area (TPSA) is 29.5 Å². The van der Waals surface area contributed by atoms with Crippen LogP contribution in [0.1, 0.15) is 41.7 Å². The predicted molar refractivity (Wildman–Crippen MR) is 79.9 cm³/mol. The summed E-state index contributed by atoms with van der Waals surface area (Å²) in [6, 6.07) is 14.3. The molecule has 1 atom stereocenters. The standard InChI is InChI=1S/C18H20O2/c1-13(19)15-7-9-18(10-8-15)20-12-14-5-6-16-3-2-4-17(16)11-14/h5-11,13,19H,2-4,12H2,1H3. The molecule has 1 aliphatic rings. The van der Waals surface area contributed by atoms with E-state index in [1.165, 1.54) is 36.0 Å². The Labute approximate surface area is 120 Å². The third kappa shape index (κ3) is 2.86. The van der Waals surface area contributed by atoms with Crippen LogP contribution in [0.2, 0.25) is 0 Å². The van der Waals surface area contributed by atoms with Gasteiger partial charge in [-0.25, -0.2) is 0 Å². The van der Waals surface area contributed by atoms with Crippen LogP contribution < -0.4 is 4.74 Å². The van der Waals surface area contributed by atoms with Crippen LogP contribution in [0.25, 0.3) is 0 Å². The molecule has 20 heavy (non-hydrogen) atoms. The van der Waals surface area contributed by atoms with E-state index in [9.17, 15) is 5.11 Å². The number of aliphatic hydroxyl groups excluding tert-OH is 1. The van der Waals surface area contributed by atoms with E-state index in [-0.39, 0.29) is 0 Å². The number of ether oxygens (including phenoxy) is 1. The first-order chi connectivity index (χ1) is 9.72. The van der Waals surface area contributed by atoms with Gasteiger partial charge in [0.1, 0.15) is 12.4 Å². The van der Waals surface area contributed by atoms with Crippen molar-refractivity contribution in [1.29, 1.82) is 0 Å². The van der Waals surface area contributed by atoms with Crippen LogP contribution in [0.15, 0.2) is 42.5 Å². The van der Waals surface area contributed by atoms with E-state index in [1.807, 2.05) is 24.3 Å². The highest BCUT2D eigenvalue weighted by atomic mass is 16.5. The van der Waals surface area contributed by atoms with Crippen molar-refractivity contribution in [3.63, 3.8) is 0 Å². The second-order valence-electron chi connectivity index (χ2n) is 5.49. The molecule has 0 aromatic heterocycles. The normalized spacial score (nSPS) is 14.9. The maximum atomic E-state index is 9.47. The minimum absolute atomic E-state index is 0.430. The molecule has 0 aliphatic heterocycles. The van der Waals surface area contributed by atoms with Gasteiger partial charge >= 0.3 is 0 Å². The Morgan fingerprint density at radius 3 is 2.55 bits per heavy atom. The summed E-state index contributed by atoms with van der Waals surface area (Å²) < 4.78 is 5.80. The first-order valence-corrected chi connectivity index (χ1v) is 7.24. The maximum Gasteiger partial charge on any atom is 0.119 e. The zero-order valence-corrected chi connectivity index (χ0v) is 11.8. The first-order valence-electron chi connectivity index (χ1n) is 7.24. The van der Waals surface area contributed by atoms with Crippen molar-refractivity contribution in [3.05, 3.63) is 64.7 Å². The second kappa shape index (κ2) is 5.68. The summed E-state index contributed by atoms with van der Waals surface area (Å²) in [6.07, 6.45) is 3.27. The Morgan fingerprint density at radius 2 is 1.80 bits per heavy atom. The van der Waals surface area contributed by atoms with Crippen molar-refractivity contribution in [2.24, 2.45) is 0 Å². The molecule has 0 spiro atoms. The molecule has 0 bridgehead atoms. The fourth-order valence-electron chi connectivity index (χ4n) is 2.72. The van der Waals surface area contributed by atoms with Gasteiger partial charge in [-0.15, -0.1) is 0 Å². The van der Waals surface area contributed by atoms with Crippen molar-refractivity contribution < 1.29 is 9.84 Å². The van der Waals surface area contributed by atoms with Gasteiger partial charge in [0.2, 0.25) is 0 Å². The lowest BCUT2D eigenvalue weighted by molar-refractivity contribution is 0.199. The molecule has 0 saturated heterocycles. The lowest BCUT2D eigenvalue weighted by atomic mass is 10.1. The summed E-state index contributed by atoms with van der Waals surface area (Å²) in [5.74, 6) is 0.842. The molecule has 0 heterocycles. The summed E-state index contributed by atoms with van der Waals surface area (Å²) >= 11 is 0. The van der Waals surface area contributed by atoms with Crippen molar-refractivity contribution in [2.45, 2.75) is 38.9 Å². The second-order valence-corrected chi connectivity index (χ2v) is 5.49. The number of rotatable bonds is 4. The quantitative estimate of drug-likeness (QED) is 0.913. The van der Waals surface area contributed by atoms with Crippen LogP contribution in [0.5, 0.6) is 5.75 Å². The number of aryl methyl sites for hydroxylation is 2. The van der Waals surface area contributed by atoms with Gasteiger partial charge < -0.3 is 9.84 Å². The van der Waals surface area contributed by atoms with Gasteiger partial charge in [-0.1, -0.05) is 30.3 Å². The molecule has 3 rings (SSSR count). The number of benzene rings is 2. The molecule has 0 saturated carbocycles. The lowest BCUT2D eigenvalue weighted by Crippen LogP contribution is -1.97. The van der Waals surface area contributed by atoms with Crippen molar-refractivity contribution in [1.82, 2.24) is 0 Å². The molecule has 1 aliphatic carbocycles. The predicted octanol–water partition coefficient (Wildman–Crippen LogP) is 3.81. The first kappa shape index (κ1) is 13.2. The number of hydrogen-bond donors (Lipinski definition) is 1. The largest absolute Gasteiger partial charge is 0.489 e. The smallest absolute Gasteiger partial charge is 0.119 e. The third-order valence-corrected chi connectivity index (χ3v) is 3.93. The lowest BCUT2D eigenvalue weighted by Gasteiger charge is -2.09. The van der Waals surface area contributed by atoms with E-state index in [0.29, 0.717) is 6.61 Å². The van der Waals surface area contributed by atoms with E-state index < -0.39 is 6.10 Å². The Bertz CT molecular complexity index is 585. The van der Waals surface area contributed by atoms with Crippen molar-refractivity contribution in [2.75, 3.05) is 0 Å². The number of aliphatic hydroxyl groups is 1. The molecular weight excluding hydrogens is 248 g/mol. The van der Waals surface area contributed by atoms with E-state index >= 15 is 0 Å². The molecule has 2 aromatic rings. The Balaban J connectivity index is 1.64. The highest BCUT2D eigenvalue weighted by Gasteiger charge is 2.10. The summed E-state index contributed by atoms with van der Waals surface area (Å²) in [5, 5.41) is 9.47. The Morgan fingerprint density at radius 1 is 1.05 bits per heavy atom. The van der Waals surface area contributed by atoms with E-state index in [1.54, 1.807) is 6.92 Å². The molecule has 1 N–H and O–H groups in total. The average Bonchev–Trinajstić information content (AvgIpc) is 2.93. The molecule has 2 heteroatoms. The van der Waals surface area contributed by atoms with E-state index in [2.05, 4.69) is 18.2 Å². The summed E-state index contributed by atoms with van der Waals surface area (Å²) in [6.45, 7) is 2.36. The zero-order valence-electron chi connectivity index (χ0n) is 11.8. The molecular formula is C18H20O2. The minimum Gasteiger partial charge on any atom is -0.489 e. The zero-order chi connectivity index (χ0) is 13.9. The highest BCUT2D eigenvalue weighted by Crippen LogP contribution is 2.24. The van der Waals surface area contributed by atoms with Gasteiger partial charge in [0, 0.05) is 0 Å². The molecule has 0 radical (unpaired) electrons. The maximum absolute atomic E-state index is 9.47. The van der Waals surface area contributed by atoms with Crippen LogP contribution in [0, 0.1) is 0 Å². The van der Waals surface area contributed by atoms with Crippen LogP contribution in [0.3, 0.4) is 0 Å². The monoisotopic (exact) mass is 268 g/mol. The summed E-state index contributed by atoms with van der Waals surface area (Å²) in [5.41, 5.74) is 5.12. The Kier molecular flexibility index (Phi) is 3.75. The van der Waals surface area contributed by atoms with Gasteiger partial charge in [0.25, 0.3) is 0 Å². The molecule has 0 amide bonds. The van der Waals surface area contributed by atoms with Gasteiger partial charge in [-0.05, 0) is 60.6 Å². The van der Waals surface area contributed by atoms with Crippen LogP contribution in [0.4, 0.5) is 0 Å². The SMILES string of the molecule is CC(O)c1ccc(OCc2ccc3c(c2)CCC3)cc1. The fraction of sp³-hybridized carbons (Fsp3) is 0.333. The van der Waals surface area contributed by atoms with Crippen LogP contribution in [-0.4, -0.2) is 5.11 Å². The van der Waals surface area contributed by atoms with Gasteiger partial charge in [-0.3, -0.25) is 0 Å². The summed E-state index contributed by atoms with van der Waals surface area (Å²) in [7, 11) is 0. The van der Waals surface area contributed by atoms with Crippen LogP contribution >= 0.6 is 0 Å². The number of hydrogen-bond acceptors (Lipinski definition) is 2. The number of fused-ring (bicyclic) bond motifs is 1. The van der Waals surface area contributed by atoms with E-state index in [4.69, 9.17) is 4.74 Å².